The van der Waals surface area contributed by atoms with E-state index in [0.29, 0.717) is 11.6 Å². The Hall–Kier alpha value is -3.81. The molecule has 30 heavy (non-hydrogen) atoms. The summed E-state index contributed by atoms with van der Waals surface area (Å²) in [5.41, 5.74) is 3.65. The van der Waals surface area contributed by atoms with Crippen molar-refractivity contribution in [3.05, 3.63) is 60.9 Å². The zero-order valence-corrected chi connectivity index (χ0v) is 16.7. The minimum Gasteiger partial charge on any atom is -0.508 e. The summed E-state index contributed by atoms with van der Waals surface area (Å²) >= 11 is 0. The molecule has 0 unspecified atom stereocenters. The second-order valence-corrected chi connectivity index (χ2v) is 7.33. The van der Waals surface area contributed by atoms with Crippen LogP contribution in [-0.4, -0.2) is 58.3 Å². The SMILES string of the molecule is CN(c1ccccc1)c1nc(N2CCN(c3ccc(O)cc3)CC2)nc2nc[nH]c12. The van der Waals surface area contributed by atoms with E-state index >= 15 is 0 Å². The lowest BCUT2D eigenvalue weighted by atomic mass is 10.2. The van der Waals surface area contributed by atoms with Crippen molar-refractivity contribution in [1.82, 2.24) is 19.9 Å². The molecule has 1 saturated heterocycles. The monoisotopic (exact) mass is 401 g/mol. The van der Waals surface area contributed by atoms with Crippen LogP contribution >= 0.6 is 0 Å². The van der Waals surface area contributed by atoms with Crippen molar-refractivity contribution in [2.24, 2.45) is 0 Å². The number of imidazole rings is 1. The molecule has 2 N–H and O–H groups in total. The molecule has 0 bridgehead atoms. The average molecular weight is 401 g/mol. The van der Waals surface area contributed by atoms with Crippen LogP contribution in [0.5, 0.6) is 5.75 Å². The summed E-state index contributed by atoms with van der Waals surface area (Å²) in [6.07, 6.45) is 1.66. The number of aromatic hydroxyl groups is 1. The molecule has 8 heteroatoms. The molecule has 0 aliphatic carbocycles. The molecule has 8 nitrogen and oxygen atoms in total. The van der Waals surface area contributed by atoms with E-state index < -0.39 is 0 Å². The summed E-state index contributed by atoms with van der Waals surface area (Å²) in [6, 6.07) is 17.5. The largest absolute Gasteiger partial charge is 0.508 e. The van der Waals surface area contributed by atoms with Crippen LogP contribution in [0.2, 0.25) is 0 Å². The number of phenolic OH excluding ortho intramolecular Hbond substituents is 1. The molecule has 0 spiro atoms. The fourth-order valence-corrected chi connectivity index (χ4v) is 3.79. The van der Waals surface area contributed by atoms with Gasteiger partial charge in [-0.15, -0.1) is 0 Å². The van der Waals surface area contributed by atoms with E-state index in [2.05, 4.69) is 36.8 Å². The van der Waals surface area contributed by atoms with Crippen LogP contribution < -0.4 is 14.7 Å². The number of nitrogens with zero attached hydrogens (tertiary/aromatic N) is 6. The topological polar surface area (TPSA) is 84.4 Å². The Bertz CT molecular complexity index is 1140. The van der Waals surface area contributed by atoms with Crippen molar-refractivity contribution >= 4 is 34.3 Å². The van der Waals surface area contributed by atoms with Gasteiger partial charge in [0.2, 0.25) is 5.95 Å². The van der Waals surface area contributed by atoms with Gasteiger partial charge in [0.05, 0.1) is 6.33 Å². The summed E-state index contributed by atoms with van der Waals surface area (Å²) in [5, 5.41) is 9.51. The Morgan fingerprint density at radius 2 is 1.60 bits per heavy atom. The van der Waals surface area contributed by atoms with Crippen molar-refractivity contribution in [1.29, 1.82) is 0 Å². The van der Waals surface area contributed by atoms with Gasteiger partial charge in [0.15, 0.2) is 11.5 Å². The third kappa shape index (κ3) is 3.36. The first-order valence-electron chi connectivity index (χ1n) is 9.98. The van der Waals surface area contributed by atoms with Gasteiger partial charge < -0.3 is 24.8 Å². The number of phenols is 1. The van der Waals surface area contributed by atoms with E-state index in [4.69, 9.17) is 9.97 Å². The lowest BCUT2D eigenvalue weighted by Gasteiger charge is -2.36. The van der Waals surface area contributed by atoms with E-state index in [0.717, 1.165) is 48.9 Å². The third-order valence-corrected chi connectivity index (χ3v) is 5.49. The molecule has 0 atom stereocenters. The molecule has 0 radical (unpaired) electrons. The molecule has 0 saturated carbocycles. The van der Waals surface area contributed by atoms with Gasteiger partial charge in [0, 0.05) is 44.6 Å². The Morgan fingerprint density at radius 3 is 2.33 bits per heavy atom. The van der Waals surface area contributed by atoms with E-state index in [1.165, 1.54) is 0 Å². The predicted octanol–water partition coefficient (Wildman–Crippen LogP) is 3.15. The molecule has 1 aliphatic heterocycles. The highest BCUT2D eigenvalue weighted by molar-refractivity contribution is 5.87. The molecule has 1 fully saturated rings. The van der Waals surface area contributed by atoms with Crippen LogP contribution in [0, 0.1) is 0 Å². The molecular weight excluding hydrogens is 378 g/mol. The number of piperazine rings is 1. The lowest BCUT2D eigenvalue weighted by molar-refractivity contribution is 0.475. The minimum absolute atomic E-state index is 0.285. The highest BCUT2D eigenvalue weighted by Gasteiger charge is 2.22. The summed E-state index contributed by atoms with van der Waals surface area (Å²) in [4.78, 5) is 23.7. The predicted molar refractivity (Wildman–Crippen MR) is 119 cm³/mol. The summed E-state index contributed by atoms with van der Waals surface area (Å²) in [5.74, 6) is 1.78. The number of anilines is 4. The Morgan fingerprint density at radius 1 is 0.900 bits per heavy atom. The number of aromatic nitrogens is 4. The fraction of sp³-hybridized carbons (Fsp3) is 0.227. The Labute approximate surface area is 174 Å². The highest BCUT2D eigenvalue weighted by Crippen LogP contribution is 2.29. The number of nitrogens with one attached hydrogen (secondary N) is 1. The maximum atomic E-state index is 9.51. The van der Waals surface area contributed by atoms with E-state index in [1.54, 1.807) is 18.5 Å². The second-order valence-electron chi connectivity index (χ2n) is 7.33. The first-order valence-corrected chi connectivity index (χ1v) is 9.98. The second kappa shape index (κ2) is 7.55. The molecule has 152 valence electrons. The van der Waals surface area contributed by atoms with Crippen LogP contribution in [0.25, 0.3) is 11.2 Å². The van der Waals surface area contributed by atoms with E-state index in [1.807, 2.05) is 37.4 Å². The van der Waals surface area contributed by atoms with Gasteiger partial charge in [-0.2, -0.15) is 9.97 Å². The molecule has 4 aromatic rings. The maximum absolute atomic E-state index is 9.51. The summed E-state index contributed by atoms with van der Waals surface area (Å²) < 4.78 is 0. The van der Waals surface area contributed by atoms with E-state index in [9.17, 15) is 5.11 Å². The zero-order chi connectivity index (χ0) is 20.5. The van der Waals surface area contributed by atoms with Gasteiger partial charge in [-0.25, -0.2) is 4.98 Å². The van der Waals surface area contributed by atoms with Crippen molar-refractivity contribution in [3.63, 3.8) is 0 Å². The van der Waals surface area contributed by atoms with E-state index in [-0.39, 0.29) is 5.75 Å². The maximum Gasteiger partial charge on any atom is 0.229 e. The number of para-hydroxylation sites is 1. The van der Waals surface area contributed by atoms with Gasteiger partial charge in [-0.3, -0.25) is 0 Å². The minimum atomic E-state index is 0.285. The number of hydrogen-bond acceptors (Lipinski definition) is 7. The molecule has 5 rings (SSSR count). The van der Waals surface area contributed by atoms with Crippen LogP contribution in [-0.2, 0) is 0 Å². The number of H-pyrrole nitrogens is 1. The van der Waals surface area contributed by atoms with Crippen LogP contribution in [0.4, 0.5) is 23.1 Å². The number of aromatic amines is 1. The Balaban J connectivity index is 1.41. The smallest absolute Gasteiger partial charge is 0.229 e. The standard InChI is InChI=1S/C22H23N7O/c1-27(16-5-3-2-4-6-16)21-19-20(24-15-23-19)25-22(26-21)29-13-11-28(12-14-29)17-7-9-18(30)10-8-17/h2-10,15,30H,11-14H2,1H3,(H,23,24,25,26). The molecule has 0 amide bonds. The Kier molecular flexibility index (Phi) is 4.59. The molecule has 3 heterocycles. The van der Waals surface area contributed by atoms with Gasteiger partial charge in [0.25, 0.3) is 0 Å². The lowest BCUT2D eigenvalue weighted by Crippen LogP contribution is -2.47. The zero-order valence-electron chi connectivity index (χ0n) is 16.7. The number of benzene rings is 2. The van der Waals surface area contributed by atoms with Gasteiger partial charge in [-0.05, 0) is 36.4 Å². The van der Waals surface area contributed by atoms with Crippen molar-refractivity contribution in [2.75, 3.05) is 47.9 Å². The van der Waals surface area contributed by atoms with Gasteiger partial charge >= 0.3 is 0 Å². The fourth-order valence-electron chi connectivity index (χ4n) is 3.79. The number of fused-ring (bicyclic) bond motifs is 1. The molecule has 2 aromatic heterocycles. The van der Waals surface area contributed by atoms with Crippen LogP contribution in [0.15, 0.2) is 60.9 Å². The third-order valence-electron chi connectivity index (χ3n) is 5.49. The molecule has 2 aromatic carbocycles. The number of rotatable bonds is 4. The van der Waals surface area contributed by atoms with Crippen molar-refractivity contribution < 1.29 is 5.11 Å². The molecular formula is C22H23N7O. The van der Waals surface area contributed by atoms with Crippen molar-refractivity contribution in [3.8, 4) is 5.75 Å². The molecule has 1 aliphatic rings. The van der Waals surface area contributed by atoms with Crippen LogP contribution in [0.1, 0.15) is 0 Å². The first kappa shape index (κ1) is 18.2. The average Bonchev–Trinajstić information content (AvgIpc) is 3.28. The first-order chi connectivity index (χ1) is 14.7. The normalized spacial score (nSPS) is 14.3. The summed E-state index contributed by atoms with van der Waals surface area (Å²) in [6.45, 7) is 3.34. The summed E-state index contributed by atoms with van der Waals surface area (Å²) in [7, 11) is 2.00. The quantitative estimate of drug-likeness (QED) is 0.543. The van der Waals surface area contributed by atoms with Gasteiger partial charge in [0.1, 0.15) is 11.3 Å². The van der Waals surface area contributed by atoms with Gasteiger partial charge in [-0.1, -0.05) is 18.2 Å². The van der Waals surface area contributed by atoms with Crippen LogP contribution in [0.3, 0.4) is 0 Å². The highest BCUT2D eigenvalue weighted by atomic mass is 16.3. The van der Waals surface area contributed by atoms with Crippen molar-refractivity contribution in [2.45, 2.75) is 0 Å². The number of hydrogen-bond donors (Lipinski definition) is 2.